The van der Waals surface area contributed by atoms with Crippen molar-refractivity contribution in [2.75, 3.05) is 18.6 Å². The monoisotopic (exact) mass is 478 g/mol. The number of hydrogen-bond acceptors (Lipinski definition) is 5. The summed E-state index contributed by atoms with van der Waals surface area (Å²) >= 11 is 9.53. The summed E-state index contributed by atoms with van der Waals surface area (Å²) in [5.74, 6) is -0.650. The normalized spacial score (nSPS) is 15.5. The molecule has 1 heterocycles. The Morgan fingerprint density at radius 1 is 1.21 bits per heavy atom. The number of rotatable bonds is 5. The molecule has 0 unspecified atom stereocenters. The second-order valence-corrected chi connectivity index (χ2v) is 7.14. The number of urea groups is 1. The van der Waals surface area contributed by atoms with Crippen LogP contribution in [0.3, 0.4) is 0 Å². The number of hydrogen-bond donors (Lipinski definition) is 1. The molecule has 1 saturated heterocycles. The highest BCUT2D eigenvalue weighted by Crippen LogP contribution is 2.37. The quantitative estimate of drug-likeness (QED) is 0.514. The molecule has 1 aliphatic heterocycles. The molecule has 0 saturated carbocycles. The number of carbonyl (C=O) groups excluding carboxylic acids is 3. The SMILES string of the molecule is CCOc1c(Br)cc(/C=C2/C(=O)NC(=O)N(c3ccccc3Cl)C2=O)cc1OC. The third-order valence-electron chi connectivity index (χ3n) is 4.05. The van der Waals surface area contributed by atoms with Gasteiger partial charge < -0.3 is 9.47 Å². The van der Waals surface area contributed by atoms with E-state index in [1.807, 2.05) is 6.92 Å². The first-order valence-corrected chi connectivity index (χ1v) is 9.70. The van der Waals surface area contributed by atoms with Gasteiger partial charge in [-0.3, -0.25) is 14.9 Å². The van der Waals surface area contributed by atoms with E-state index in [0.717, 1.165) is 4.90 Å². The maximum atomic E-state index is 13.0. The van der Waals surface area contributed by atoms with Gasteiger partial charge in [-0.15, -0.1) is 0 Å². The number of methoxy groups -OCH3 is 1. The fraction of sp³-hybridized carbons (Fsp3) is 0.150. The van der Waals surface area contributed by atoms with Crippen molar-refractivity contribution in [3.05, 3.63) is 57.0 Å². The van der Waals surface area contributed by atoms with Crippen LogP contribution in [-0.2, 0) is 9.59 Å². The van der Waals surface area contributed by atoms with E-state index in [9.17, 15) is 14.4 Å². The average Bonchev–Trinajstić information content (AvgIpc) is 2.68. The first kappa shape index (κ1) is 20.9. The molecule has 1 N–H and O–H groups in total. The predicted octanol–water partition coefficient (Wildman–Crippen LogP) is 4.18. The van der Waals surface area contributed by atoms with Crippen molar-refractivity contribution in [3.63, 3.8) is 0 Å². The van der Waals surface area contributed by atoms with E-state index in [1.165, 1.54) is 19.3 Å². The molecular formula is C20H16BrClN2O5. The van der Waals surface area contributed by atoms with E-state index in [2.05, 4.69) is 21.2 Å². The highest BCUT2D eigenvalue weighted by molar-refractivity contribution is 9.10. The number of para-hydroxylation sites is 1. The summed E-state index contributed by atoms with van der Waals surface area (Å²) in [6, 6.07) is 8.81. The van der Waals surface area contributed by atoms with Gasteiger partial charge in [-0.2, -0.15) is 0 Å². The molecule has 1 fully saturated rings. The second-order valence-electron chi connectivity index (χ2n) is 5.88. The van der Waals surface area contributed by atoms with Crippen molar-refractivity contribution in [1.82, 2.24) is 5.32 Å². The van der Waals surface area contributed by atoms with Gasteiger partial charge in [0.1, 0.15) is 5.57 Å². The standard InChI is InChI=1S/C20H16BrClN2O5/c1-3-29-17-13(21)9-11(10-16(17)28-2)8-12-18(25)23-20(27)24(19(12)26)15-7-5-4-6-14(15)22/h4-10H,3H2,1-2H3,(H,23,25,27)/b12-8-. The molecule has 2 aromatic rings. The predicted molar refractivity (Wildman–Crippen MR) is 112 cm³/mol. The molecule has 150 valence electrons. The minimum absolute atomic E-state index is 0.181. The maximum absolute atomic E-state index is 13.0. The number of imide groups is 2. The van der Waals surface area contributed by atoms with Crippen LogP contribution < -0.4 is 19.7 Å². The minimum atomic E-state index is -0.865. The van der Waals surface area contributed by atoms with Crippen molar-refractivity contribution in [3.8, 4) is 11.5 Å². The van der Waals surface area contributed by atoms with Crippen LogP contribution in [0.4, 0.5) is 10.5 Å². The number of amides is 4. The average molecular weight is 480 g/mol. The lowest BCUT2D eigenvalue weighted by molar-refractivity contribution is -0.122. The van der Waals surface area contributed by atoms with Crippen LogP contribution in [0.15, 0.2) is 46.4 Å². The zero-order valence-corrected chi connectivity index (χ0v) is 17.8. The number of ether oxygens (including phenoxy) is 2. The topological polar surface area (TPSA) is 84.9 Å². The third-order valence-corrected chi connectivity index (χ3v) is 4.96. The van der Waals surface area contributed by atoms with Gasteiger partial charge in [0, 0.05) is 0 Å². The Hall–Kier alpha value is -2.84. The Morgan fingerprint density at radius 3 is 2.59 bits per heavy atom. The lowest BCUT2D eigenvalue weighted by atomic mass is 10.1. The Balaban J connectivity index is 2.05. The molecule has 0 aliphatic carbocycles. The molecule has 9 heteroatoms. The molecule has 3 rings (SSSR count). The van der Waals surface area contributed by atoms with Gasteiger partial charge >= 0.3 is 6.03 Å². The minimum Gasteiger partial charge on any atom is -0.493 e. The summed E-state index contributed by atoms with van der Waals surface area (Å²) in [5, 5.41) is 2.37. The number of barbiturate groups is 1. The number of anilines is 1. The summed E-state index contributed by atoms with van der Waals surface area (Å²) in [6.45, 7) is 2.28. The Labute approximate surface area is 180 Å². The van der Waals surface area contributed by atoms with Gasteiger partial charge in [-0.05, 0) is 58.8 Å². The third kappa shape index (κ3) is 4.13. The molecule has 29 heavy (non-hydrogen) atoms. The van der Waals surface area contributed by atoms with Gasteiger partial charge in [0.25, 0.3) is 11.8 Å². The van der Waals surface area contributed by atoms with E-state index in [-0.39, 0.29) is 16.3 Å². The molecule has 4 amide bonds. The first-order chi connectivity index (χ1) is 13.9. The van der Waals surface area contributed by atoms with Crippen LogP contribution in [0.1, 0.15) is 12.5 Å². The van der Waals surface area contributed by atoms with Gasteiger partial charge in [-0.1, -0.05) is 23.7 Å². The van der Waals surface area contributed by atoms with Crippen LogP contribution in [0.5, 0.6) is 11.5 Å². The van der Waals surface area contributed by atoms with Gasteiger partial charge in [-0.25, -0.2) is 9.69 Å². The van der Waals surface area contributed by atoms with Crippen molar-refractivity contribution < 1.29 is 23.9 Å². The van der Waals surface area contributed by atoms with Crippen molar-refractivity contribution in [1.29, 1.82) is 0 Å². The smallest absolute Gasteiger partial charge is 0.335 e. The van der Waals surface area contributed by atoms with E-state index >= 15 is 0 Å². The van der Waals surface area contributed by atoms with Crippen LogP contribution in [0, 0.1) is 0 Å². The number of carbonyl (C=O) groups is 3. The maximum Gasteiger partial charge on any atom is 0.335 e. The summed E-state index contributed by atoms with van der Waals surface area (Å²) < 4.78 is 11.5. The number of nitrogens with zero attached hydrogens (tertiary/aromatic N) is 1. The van der Waals surface area contributed by atoms with Crippen molar-refractivity contribution in [2.45, 2.75) is 6.92 Å². The lowest BCUT2D eigenvalue weighted by Crippen LogP contribution is -2.54. The van der Waals surface area contributed by atoms with Gasteiger partial charge in [0.2, 0.25) is 0 Å². The molecular weight excluding hydrogens is 464 g/mol. The van der Waals surface area contributed by atoms with Gasteiger partial charge in [0.05, 0.1) is 28.9 Å². The van der Waals surface area contributed by atoms with E-state index in [4.69, 9.17) is 21.1 Å². The van der Waals surface area contributed by atoms with E-state index in [1.54, 1.807) is 30.3 Å². The first-order valence-electron chi connectivity index (χ1n) is 8.53. The molecule has 0 bridgehead atoms. The second kappa shape index (κ2) is 8.67. The van der Waals surface area contributed by atoms with Crippen LogP contribution in [-0.4, -0.2) is 31.6 Å². The number of nitrogens with one attached hydrogen (secondary N) is 1. The fourth-order valence-electron chi connectivity index (χ4n) is 2.78. The Bertz CT molecular complexity index is 1040. The van der Waals surface area contributed by atoms with E-state index in [0.29, 0.717) is 28.1 Å². The summed E-state index contributed by atoms with van der Waals surface area (Å²) in [6.07, 6.45) is 1.37. The van der Waals surface area contributed by atoms with Crippen LogP contribution in [0.2, 0.25) is 5.02 Å². The van der Waals surface area contributed by atoms with Crippen LogP contribution >= 0.6 is 27.5 Å². The van der Waals surface area contributed by atoms with Gasteiger partial charge in [0.15, 0.2) is 11.5 Å². The molecule has 2 aromatic carbocycles. The highest BCUT2D eigenvalue weighted by atomic mass is 79.9. The molecule has 7 nitrogen and oxygen atoms in total. The summed E-state index contributed by atoms with van der Waals surface area (Å²) in [4.78, 5) is 38.4. The zero-order valence-electron chi connectivity index (χ0n) is 15.5. The Kier molecular flexibility index (Phi) is 6.24. The number of benzene rings is 2. The molecule has 0 aromatic heterocycles. The molecule has 0 spiro atoms. The summed E-state index contributed by atoms with van der Waals surface area (Å²) in [7, 11) is 1.48. The molecule has 0 atom stereocenters. The number of halogens is 2. The zero-order chi connectivity index (χ0) is 21.1. The van der Waals surface area contributed by atoms with E-state index < -0.39 is 17.8 Å². The Morgan fingerprint density at radius 2 is 1.93 bits per heavy atom. The lowest BCUT2D eigenvalue weighted by Gasteiger charge is -2.27. The largest absolute Gasteiger partial charge is 0.493 e. The molecule has 1 aliphatic rings. The van der Waals surface area contributed by atoms with Crippen LogP contribution in [0.25, 0.3) is 6.08 Å². The molecule has 0 radical (unpaired) electrons. The highest BCUT2D eigenvalue weighted by Gasteiger charge is 2.37. The van der Waals surface area contributed by atoms with Crippen molar-refractivity contribution in [2.24, 2.45) is 0 Å². The fourth-order valence-corrected chi connectivity index (χ4v) is 3.58. The van der Waals surface area contributed by atoms with Crippen molar-refractivity contribution >= 4 is 57.1 Å². The summed E-state index contributed by atoms with van der Waals surface area (Å²) in [5.41, 5.74) is 0.465.